The molecule has 2 fully saturated rings. The third-order valence-electron chi connectivity index (χ3n) is 5.76. The Morgan fingerprint density at radius 3 is 2.55 bits per heavy atom. The Balaban J connectivity index is 1.77. The topological polar surface area (TPSA) is 65.6 Å². The van der Waals surface area contributed by atoms with Crippen molar-refractivity contribution in [3.05, 3.63) is 6.07 Å². The molecule has 0 spiro atoms. The fourth-order valence-electron chi connectivity index (χ4n) is 4.09. The van der Waals surface area contributed by atoms with Gasteiger partial charge in [-0.3, -0.25) is 0 Å². The highest BCUT2D eigenvalue weighted by Gasteiger charge is 2.22. The largest absolute Gasteiger partial charge is 0.385 e. The maximum atomic E-state index is 5.46. The van der Waals surface area contributed by atoms with Gasteiger partial charge >= 0.3 is 0 Å². The van der Waals surface area contributed by atoms with E-state index in [0.29, 0.717) is 23.7 Å². The first kappa shape index (κ1) is 22.0. The number of rotatable bonds is 7. The number of methoxy groups -OCH3 is 1. The summed E-state index contributed by atoms with van der Waals surface area (Å²) in [6, 6.07) is 2.68. The Morgan fingerprint density at radius 2 is 1.83 bits per heavy atom. The van der Waals surface area contributed by atoms with Gasteiger partial charge in [0.2, 0.25) is 5.95 Å². The summed E-state index contributed by atoms with van der Waals surface area (Å²) >= 11 is 5.46. The molecule has 0 amide bonds. The first-order valence-corrected chi connectivity index (χ1v) is 11.5. The van der Waals surface area contributed by atoms with Gasteiger partial charge in [-0.25, -0.2) is 0 Å². The summed E-state index contributed by atoms with van der Waals surface area (Å²) in [6.07, 6.45) is 9.69. The average Bonchev–Trinajstić information content (AvgIpc) is 3.01. The second kappa shape index (κ2) is 11.5. The normalized spacial score (nSPS) is 20.3. The molecule has 1 aromatic heterocycles. The van der Waals surface area contributed by atoms with E-state index in [1.807, 2.05) is 0 Å². The van der Waals surface area contributed by atoms with E-state index in [4.69, 9.17) is 26.9 Å². The Kier molecular flexibility index (Phi) is 8.73. The summed E-state index contributed by atoms with van der Waals surface area (Å²) < 4.78 is 5.09. The third-order valence-corrected chi connectivity index (χ3v) is 6.01. The molecule has 2 aliphatic heterocycles. The summed E-state index contributed by atoms with van der Waals surface area (Å²) in [5.74, 6) is 2.61. The van der Waals surface area contributed by atoms with E-state index >= 15 is 0 Å². The van der Waals surface area contributed by atoms with Crippen LogP contribution in [0.3, 0.4) is 0 Å². The quantitative estimate of drug-likeness (QED) is 0.513. The highest BCUT2D eigenvalue weighted by atomic mass is 32.1. The van der Waals surface area contributed by atoms with Crippen molar-refractivity contribution in [1.82, 2.24) is 15.3 Å². The molecule has 3 rings (SSSR count). The Labute approximate surface area is 180 Å². The molecule has 7 nitrogen and oxygen atoms in total. The summed E-state index contributed by atoms with van der Waals surface area (Å²) in [6.45, 7) is 6.95. The number of ether oxygens (including phenoxy) is 1. The number of nitrogens with one attached hydrogen (secondary N) is 2. The van der Waals surface area contributed by atoms with Crippen LogP contribution in [-0.4, -0.2) is 61.0 Å². The van der Waals surface area contributed by atoms with Gasteiger partial charge in [-0.15, -0.1) is 0 Å². The van der Waals surface area contributed by atoms with Crippen LogP contribution in [0.5, 0.6) is 0 Å². The van der Waals surface area contributed by atoms with Gasteiger partial charge in [-0.05, 0) is 57.7 Å². The fraction of sp³-hybridized carbons (Fsp3) is 0.762. The second-order valence-electron chi connectivity index (χ2n) is 8.07. The van der Waals surface area contributed by atoms with Crippen molar-refractivity contribution < 1.29 is 4.74 Å². The lowest BCUT2D eigenvalue weighted by molar-refractivity contribution is 0.196. The first-order chi connectivity index (χ1) is 14.2. The van der Waals surface area contributed by atoms with Crippen molar-refractivity contribution >= 4 is 34.9 Å². The van der Waals surface area contributed by atoms with Crippen molar-refractivity contribution in [3.8, 4) is 0 Å². The van der Waals surface area contributed by atoms with Crippen LogP contribution in [0.25, 0.3) is 0 Å². The molecule has 2 saturated heterocycles. The predicted molar refractivity (Wildman–Crippen MR) is 124 cm³/mol. The Hall–Kier alpha value is -1.67. The van der Waals surface area contributed by atoms with Crippen molar-refractivity contribution in [2.24, 2.45) is 0 Å². The highest BCUT2D eigenvalue weighted by molar-refractivity contribution is 7.80. The predicted octanol–water partition coefficient (Wildman–Crippen LogP) is 3.56. The molecule has 1 atom stereocenters. The molecule has 0 bridgehead atoms. The Bertz CT molecular complexity index is 650. The molecule has 0 saturated carbocycles. The van der Waals surface area contributed by atoms with Crippen LogP contribution in [-0.2, 0) is 4.74 Å². The number of anilines is 3. The average molecular weight is 421 g/mol. The molecule has 162 valence electrons. The van der Waals surface area contributed by atoms with Crippen LogP contribution in [0.2, 0.25) is 0 Å². The number of hydrogen-bond donors (Lipinski definition) is 2. The summed E-state index contributed by atoms with van der Waals surface area (Å²) in [5.41, 5.74) is 0. The van der Waals surface area contributed by atoms with E-state index in [1.165, 1.54) is 44.9 Å². The zero-order valence-electron chi connectivity index (χ0n) is 18.0. The zero-order chi connectivity index (χ0) is 20.5. The smallest absolute Gasteiger partial charge is 0.232 e. The monoisotopic (exact) mass is 420 g/mol. The van der Waals surface area contributed by atoms with Crippen molar-refractivity contribution in [2.75, 3.05) is 55.0 Å². The van der Waals surface area contributed by atoms with E-state index in [2.05, 4.69) is 33.4 Å². The molecule has 3 heterocycles. The molecule has 29 heavy (non-hydrogen) atoms. The lowest BCUT2D eigenvalue weighted by Crippen LogP contribution is -2.38. The molecule has 2 aliphatic rings. The maximum absolute atomic E-state index is 5.46. The van der Waals surface area contributed by atoms with Crippen LogP contribution >= 0.6 is 12.2 Å². The molecule has 1 aromatic rings. The maximum Gasteiger partial charge on any atom is 0.232 e. The van der Waals surface area contributed by atoms with Crippen LogP contribution < -0.4 is 20.4 Å². The molecule has 8 heteroatoms. The Morgan fingerprint density at radius 1 is 1.10 bits per heavy atom. The zero-order valence-corrected chi connectivity index (χ0v) is 18.8. The first-order valence-electron chi connectivity index (χ1n) is 11.1. The molecule has 0 unspecified atom stereocenters. The standard InChI is InChI=1S/C21H36N6OS/c1-17-10-5-8-14-27(17)19-16-18(26-12-6-3-4-7-13-26)23-20(24-19)25-21(29)22-11-9-15-28-2/h16-17H,3-15H2,1-2H3,(H2,22,23,24,25,29)/t17-/m0/s1. The van der Waals surface area contributed by atoms with E-state index in [-0.39, 0.29) is 0 Å². The van der Waals surface area contributed by atoms with Gasteiger partial charge in [0, 0.05) is 52.0 Å². The number of piperidine rings is 1. The van der Waals surface area contributed by atoms with Gasteiger partial charge < -0.3 is 25.2 Å². The van der Waals surface area contributed by atoms with E-state index in [9.17, 15) is 0 Å². The minimum atomic E-state index is 0.502. The number of hydrogen-bond acceptors (Lipinski definition) is 6. The number of nitrogens with zero attached hydrogens (tertiary/aromatic N) is 4. The van der Waals surface area contributed by atoms with Crippen molar-refractivity contribution in [2.45, 2.75) is 64.3 Å². The van der Waals surface area contributed by atoms with Crippen LogP contribution in [0.1, 0.15) is 58.3 Å². The van der Waals surface area contributed by atoms with E-state index < -0.39 is 0 Å². The van der Waals surface area contributed by atoms with Gasteiger partial charge in [0.1, 0.15) is 11.6 Å². The van der Waals surface area contributed by atoms with Gasteiger partial charge in [0.15, 0.2) is 5.11 Å². The molecule has 0 aromatic carbocycles. The molecule has 2 N–H and O–H groups in total. The second-order valence-corrected chi connectivity index (χ2v) is 8.48. The third kappa shape index (κ3) is 6.67. The van der Waals surface area contributed by atoms with Crippen LogP contribution in [0.4, 0.5) is 17.6 Å². The summed E-state index contributed by atoms with van der Waals surface area (Å²) in [5, 5.41) is 6.99. The van der Waals surface area contributed by atoms with Crippen LogP contribution in [0, 0.1) is 0 Å². The lowest BCUT2D eigenvalue weighted by atomic mass is 10.0. The molecule has 0 aliphatic carbocycles. The van der Waals surface area contributed by atoms with E-state index in [0.717, 1.165) is 44.2 Å². The molecular weight excluding hydrogens is 384 g/mol. The van der Waals surface area contributed by atoms with E-state index in [1.54, 1.807) is 7.11 Å². The van der Waals surface area contributed by atoms with Crippen LogP contribution in [0.15, 0.2) is 6.07 Å². The van der Waals surface area contributed by atoms with Gasteiger partial charge in [0.25, 0.3) is 0 Å². The lowest BCUT2D eigenvalue weighted by Gasteiger charge is -2.35. The molecule has 0 radical (unpaired) electrons. The van der Waals surface area contributed by atoms with Crippen molar-refractivity contribution in [3.63, 3.8) is 0 Å². The minimum absolute atomic E-state index is 0.502. The SMILES string of the molecule is COCCCNC(=S)Nc1nc(N2CCCCCC2)cc(N2CCCC[C@@H]2C)n1. The molecular formula is C21H36N6OS. The number of thiocarbonyl (C=S) groups is 1. The van der Waals surface area contributed by atoms with Gasteiger partial charge in [-0.2, -0.15) is 9.97 Å². The highest BCUT2D eigenvalue weighted by Crippen LogP contribution is 2.28. The van der Waals surface area contributed by atoms with Gasteiger partial charge in [-0.1, -0.05) is 12.8 Å². The summed E-state index contributed by atoms with van der Waals surface area (Å²) in [7, 11) is 1.71. The minimum Gasteiger partial charge on any atom is -0.385 e. The van der Waals surface area contributed by atoms with Crippen molar-refractivity contribution in [1.29, 1.82) is 0 Å². The van der Waals surface area contributed by atoms with Gasteiger partial charge in [0.05, 0.1) is 0 Å². The fourth-order valence-corrected chi connectivity index (χ4v) is 4.28. The number of aromatic nitrogens is 2. The summed E-state index contributed by atoms with van der Waals surface area (Å²) in [4.78, 5) is 14.5.